The van der Waals surface area contributed by atoms with Crippen LogP contribution in [0.5, 0.6) is 0 Å². The quantitative estimate of drug-likeness (QED) is 0.812. The van der Waals surface area contributed by atoms with Crippen molar-refractivity contribution in [3.63, 3.8) is 0 Å². The zero-order valence-corrected chi connectivity index (χ0v) is 17.6. The summed E-state index contributed by atoms with van der Waals surface area (Å²) >= 11 is 0. The topological polar surface area (TPSA) is 66.5 Å². The van der Waals surface area contributed by atoms with E-state index >= 15 is 0 Å². The minimum atomic E-state index is -3.71. The number of benzene rings is 2. The lowest BCUT2D eigenvalue weighted by Gasteiger charge is -2.25. The Kier molecular flexibility index (Phi) is 6.00. The van der Waals surface area contributed by atoms with E-state index in [0.29, 0.717) is 11.3 Å². The highest BCUT2D eigenvalue weighted by molar-refractivity contribution is 7.92. The van der Waals surface area contributed by atoms with Gasteiger partial charge in [-0.15, -0.1) is 0 Å². The molecule has 0 bridgehead atoms. The number of nitrogens with one attached hydrogen (secondary N) is 1. The fourth-order valence-corrected chi connectivity index (χ4v) is 3.81. The van der Waals surface area contributed by atoms with Crippen LogP contribution >= 0.6 is 0 Å². The van der Waals surface area contributed by atoms with Crippen LogP contribution in [0.15, 0.2) is 47.4 Å². The number of rotatable bonds is 6. The summed E-state index contributed by atoms with van der Waals surface area (Å²) in [4.78, 5) is 12.8. The Labute approximate surface area is 162 Å². The maximum absolute atomic E-state index is 13.0. The smallest absolute Gasteiger partial charge is 0.264 e. The molecule has 0 aromatic heterocycles. The first-order chi connectivity index (χ1) is 12.5. The van der Waals surface area contributed by atoms with Gasteiger partial charge in [-0.3, -0.25) is 9.10 Å². The van der Waals surface area contributed by atoms with Gasteiger partial charge in [0.1, 0.15) is 0 Å². The summed E-state index contributed by atoms with van der Waals surface area (Å²) in [6.45, 7) is 9.64. The molecule has 2 aromatic rings. The summed E-state index contributed by atoms with van der Waals surface area (Å²) in [5.74, 6) is -0.218. The third-order valence-corrected chi connectivity index (χ3v) is 6.61. The third-order valence-electron chi connectivity index (χ3n) is 4.83. The van der Waals surface area contributed by atoms with Crippen molar-refractivity contribution in [2.24, 2.45) is 0 Å². The highest BCUT2D eigenvalue weighted by Crippen LogP contribution is 2.27. The van der Waals surface area contributed by atoms with E-state index in [1.54, 1.807) is 42.5 Å². The first kappa shape index (κ1) is 21.0. The van der Waals surface area contributed by atoms with Gasteiger partial charge in [-0.05, 0) is 63.9 Å². The molecule has 2 rings (SSSR count). The molecular weight excluding hydrogens is 360 g/mol. The maximum Gasteiger partial charge on any atom is 0.264 e. The summed E-state index contributed by atoms with van der Waals surface area (Å²) in [5, 5.41) is 2.98. The average molecular weight is 389 g/mol. The predicted octanol–water partition coefficient (Wildman–Crippen LogP) is 4.05. The number of sulfonamides is 1. The number of aryl methyl sites for hydroxylation is 2. The summed E-state index contributed by atoms with van der Waals surface area (Å²) in [5.41, 5.74) is 2.35. The first-order valence-corrected chi connectivity index (χ1v) is 10.4. The molecule has 27 heavy (non-hydrogen) atoms. The van der Waals surface area contributed by atoms with E-state index in [0.717, 1.165) is 17.5 Å². The van der Waals surface area contributed by atoms with Gasteiger partial charge in [0.15, 0.2) is 0 Å². The molecule has 5 nitrogen and oxygen atoms in total. The van der Waals surface area contributed by atoms with E-state index in [1.165, 1.54) is 11.4 Å². The van der Waals surface area contributed by atoms with Gasteiger partial charge in [0.05, 0.1) is 10.6 Å². The van der Waals surface area contributed by atoms with Gasteiger partial charge in [-0.1, -0.05) is 30.7 Å². The van der Waals surface area contributed by atoms with Gasteiger partial charge >= 0.3 is 0 Å². The van der Waals surface area contributed by atoms with Crippen molar-refractivity contribution in [2.75, 3.05) is 11.4 Å². The molecule has 1 N–H and O–H groups in total. The predicted molar refractivity (Wildman–Crippen MR) is 110 cm³/mol. The van der Waals surface area contributed by atoms with Crippen molar-refractivity contribution in [1.29, 1.82) is 0 Å². The van der Waals surface area contributed by atoms with Crippen LogP contribution in [0.25, 0.3) is 0 Å². The molecule has 0 atom stereocenters. The second kappa shape index (κ2) is 7.72. The van der Waals surface area contributed by atoms with Gasteiger partial charge in [-0.2, -0.15) is 0 Å². The van der Waals surface area contributed by atoms with Crippen molar-refractivity contribution in [1.82, 2.24) is 5.32 Å². The number of anilines is 1. The molecule has 0 saturated heterocycles. The van der Waals surface area contributed by atoms with Crippen LogP contribution in [0.2, 0.25) is 0 Å². The van der Waals surface area contributed by atoms with Crippen molar-refractivity contribution in [2.45, 2.75) is 51.5 Å². The normalized spacial score (nSPS) is 11.9. The van der Waals surface area contributed by atoms with Crippen LogP contribution < -0.4 is 9.62 Å². The highest BCUT2D eigenvalue weighted by Gasteiger charge is 2.24. The highest BCUT2D eigenvalue weighted by atomic mass is 32.2. The van der Waals surface area contributed by atoms with Gasteiger partial charge < -0.3 is 5.32 Å². The fraction of sp³-hybridized carbons (Fsp3) is 0.381. The van der Waals surface area contributed by atoms with E-state index in [-0.39, 0.29) is 16.3 Å². The average Bonchev–Trinajstić information content (AvgIpc) is 2.61. The lowest BCUT2D eigenvalue weighted by molar-refractivity contribution is 0.0911. The molecule has 0 aliphatic carbocycles. The van der Waals surface area contributed by atoms with Crippen molar-refractivity contribution in [3.05, 3.63) is 59.2 Å². The molecule has 0 fully saturated rings. The van der Waals surface area contributed by atoms with Crippen LogP contribution in [0.4, 0.5) is 5.69 Å². The number of hydrogen-bond donors (Lipinski definition) is 1. The standard InChI is InChI=1S/C21H28N2O3S/c1-7-21(4,5)22-20(24)17-11-10-16(3)19(14-17)23(6)27(25,26)18-12-8-15(2)9-13-18/h8-14H,7H2,1-6H3,(H,22,24). The summed E-state index contributed by atoms with van der Waals surface area (Å²) in [6.07, 6.45) is 0.791. The van der Waals surface area contributed by atoms with Crippen LogP contribution in [0, 0.1) is 13.8 Å². The zero-order valence-electron chi connectivity index (χ0n) is 16.8. The largest absolute Gasteiger partial charge is 0.347 e. The number of carbonyl (C=O) groups is 1. The Morgan fingerprint density at radius 3 is 2.22 bits per heavy atom. The molecule has 6 heteroatoms. The van der Waals surface area contributed by atoms with Crippen molar-refractivity contribution >= 4 is 21.6 Å². The minimum absolute atomic E-state index is 0.218. The van der Waals surface area contributed by atoms with Crippen molar-refractivity contribution in [3.8, 4) is 0 Å². The zero-order chi connectivity index (χ0) is 20.4. The Balaban J connectivity index is 2.40. The SMILES string of the molecule is CCC(C)(C)NC(=O)c1ccc(C)c(N(C)S(=O)(=O)c2ccc(C)cc2)c1. The molecule has 0 unspecified atom stereocenters. The molecule has 0 heterocycles. The monoisotopic (exact) mass is 388 g/mol. The van der Waals surface area contributed by atoms with E-state index in [2.05, 4.69) is 5.32 Å². The van der Waals surface area contributed by atoms with Crippen molar-refractivity contribution < 1.29 is 13.2 Å². The Bertz CT molecular complexity index is 932. The van der Waals surface area contributed by atoms with Gasteiger partial charge in [0, 0.05) is 18.2 Å². The molecule has 0 spiro atoms. The van der Waals surface area contributed by atoms with E-state index in [1.807, 2.05) is 34.6 Å². The van der Waals surface area contributed by atoms with Gasteiger partial charge in [0.2, 0.25) is 0 Å². The fourth-order valence-electron chi connectivity index (χ4n) is 2.56. The second-order valence-electron chi connectivity index (χ2n) is 7.48. The number of amides is 1. The molecule has 146 valence electrons. The summed E-state index contributed by atoms with van der Waals surface area (Å²) in [6, 6.07) is 11.8. The van der Waals surface area contributed by atoms with E-state index in [4.69, 9.17) is 0 Å². The lowest BCUT2D eigenvalue weighted by atomic mass is 10.0. The van der Waals surface area contributed by atoms with Gasteiger partial charge in [0.25, 0.3) is 15.9 Å². The number of hydrogen-bond acceptors (Lipinski definition) is 3. The Morgan fingerprint density at radius 1 is 1.07 bits per heavy atom. The molecule has 2 aromatic carbocycles. The molecular formula is C21H28N2O3S. The number of carbonyl (C=O) groups excluding carboxylic acids is 1. The Hall–Kier alpha value is -2.34. The first-order valence-electron chi connectivity index (χ1n) is 8.97. The summed E-state index contributed by atoms with van der Waals surface area (Å²) in [7, 11) is -2.20. The van der Waals surface area contributed by atoms with Gasteiger partial charge in [-0.25, -0.2) is 8.42 Å². The van der Waals surface area contributed by atoms with Crippen LogP contribution in [-0.4, -0.2) is 26.9 Å². The van der Waals surface area contributed by atoms with Crippen LogP contribution in [0.1, 0.15) is 48.7 Å². The maximum atomic E-state index is 13.0. The third kappa shape index (κ3) is 4.69. The number of nitrogens with zero attached hydrogens (tertiary/aromatic N) is 1. The minimum Gasteiger partial charge on any atom is -0.347 e. The van der Waals surface area contributed by atoms with Crippen LogP contribution in [-0.2, 0) is 10.0 Å². The molecule has 0 aliphatic rings. The van der Waals surface area contributed by atoms with Crippen LogP contribution in [0.3, 0.4) is 0 Å². The second-order valence-corrected chi connectivity index (χ2v) is 9.45. The van der Waals surface area contributed by atoms with E-state index in [9.17, 15) is 13.2 Å². The molecule has 0 aliphatic heterocycles. The summed E-state index contributed by atoms with van der Waals surface area (Å²) < 4.78 is 27.2. The molecule has 0 saturated carbocycles. The molecule has 0 radical (unpaired) electrons. The van der Waals surface area contributed by atoms with E-state index < -0.39 is 10.0 Å². The molecule has 1 amide bonds. The lowest BCUT2D eigenvalue weighted by Crippen LogP contribution is -2.42. The Morgan fingerprint density at radius 2 is 1.67 bits per heavy atom.